The molecule has 0 unspecified atom stereocenters. The van der Waals surface area contributed by atoms with Crippen LogP contribution in [0.2, 0.25) is 0 Å². The van der Waals surface area contributed by atoms with Crippen LogP contribution in [0.5, 0.6) is 0 Å². The number of aromatic nitrogens is 2. The van der Waals surface area contributed by atoms with Crippen molar-refractivity contribution in [3.8, 4) is 0 Å². The standard InChI is InChI=1S/C5H3F3N2O2/c6-5(7,8)2-1-9-10-3(2)4(11)12/h1H,(H,9,10)(H,11,12)/p-1. The zero-order valence-corrected chi connectivity index (χ0v) is 5.47. The number of halogens is 3. The van der Waals surface area contributed by atoms with E-state index in [-0.39, 0.29) is 0 Å². The van der Waals surface area contributed by atoms with Crippen LogP contribution in [0, 0.1) is 0 Å². The van der Waals surface area contributed by atoms with Crippen LogP contribution < -0.4 is 5.11 Å². The maximum Gasteiger partial charge on any atom is 0.420 e. The van der Waals surface area contributed by atoms with E-state index in [0.717, 1.165) is 0 Å². The molecule has 0 saturated carbocycles. The molecule has 0 atom stereocenters. The van der Waals surface area contributed by atoms with Gasteiger partial charge in [0.05, 0.1) is 17.9 Å². The fourth-order valence-electron chi connectivity index (χ4n) is 0.657. The first-order valence-electron chi connectivity index (χ1n) is 2.75. The van der Waals surface area contributed by atoms with E-state index in [1.54, 1.807) is 5.10 Å². The van der Waals surface area contributed by atoms with Gasteiger partial charge in [0.15, 0.2) is 0 Å². The fraction of sp³-hybridized carbons (Fsp3) is 0.200. The number of aromatic amines is 1. The highest BCUT2D eigenvalue weighted by molar-refractivity contribution is 5.85. The predicted octanol–water partition coefficient (Wildman–Crippen LogP) is -0.208. The zero-order chi connectivity index (χ0) is 9.35. The van der Waals surface area contributed by atoms with Crippen molar-refractivity contribution in [2.45, 2.75) is 6.18 Å². The van der Waals surface area contributed by atoms with Gasteiger partial charge < -0.3 is 9.90 Å². The topological polar surface area (TPSA) is 68.8 Å². The van der Waals surface area contributed by atoms with Gasteiger partial charge in [-0.05, 0) is 0 Å². The third-order valence-electron chi connectivity index (χ3n) is 1.15. The summed E-state index contributed by atoms with van der Waals surface area (Å²) in [7, 11) is 0. The Labute approximate surface area is 64.0 Å². The summed E-state index contributed by atoms with van der Waals surface area (Å²) in [6, 6.07) is 0. The lowest BCUT2D eigenvalue weighted by molar-refractivity contribution is -0.256. The van der Waals surface area contributed by atoms with E-state index in [2.05, 4.69) is 5.10 Å². The number of hydrogen-bond donors (Lipinski definition) is 1. The van der Waals surface area contributed by atoms with E-state index in [4.69, 9.17) is 0 Å². The second-order valence-corrected chi connectivity index (χ2v) is 1.94. The zero-order valence-electron chi connectivity index (χ0n) is 5.47. The van der Waals surface area contributed by atoms with Crippen LogP contribution in [0.1, 0.15) is 16.1 Å². The minimum absolute atomic E-state index is 0.394. The lowest BCUT2D eigenvalue weighted by Gasteiger charge is -2.06. The van der Waals surface area contributed by atoms with E-state index in [1.165, 1.54) is 0 Å². The molecule has 1 rings (SSSR count). The molecular weight excluding hydrogens is 177 g/mol. The molecular formula is C5H2F3N2O2-. The molecule has 0 spiro atoms. The lowest BCUT2D eigenvalue weighted by atomic mass is 10.2. The molecule has 12 heavy (non-hydrogen) atoms. The maximum atomic E-state index is 11.9. The van der Waals surface area contributed by atoms with Crippen molar-refractivity contribution in [1.82, 2.24) is 10.2 Å². The first-order valence-corrected chi connectivity index (χ1v) is 2.75. The van der Waals surface area contributed by atoms with Gasteiger partial charge in [0.2, 0.25) is 0 Å². The maximum absolute atomic E-state index is 11.9. The first-order chi connectivity index (χ1) is 5.43. The Hall–Kier alpha value is -1.53. The number of rotatable bonds is 1. The predicted molar refractivity (Wildman–Crippen MR) is 27.9 cm³/mol. The van der Waals surface area contributed by atoms with Gasteiger partial charge in [-0.1, -0.05) is 0 Å². The Morgan fingerprint density at radius 2 is 2.17 bits per heavy atom. The van der Waals surface area contributed by atoms with E-state index in [0.29, 0.717) is 6.20 Å². The summed E-state index contributed by atoms with van der Waals surface area (Å²) in [5.41, 5.74) is -2.38. The van der Waals surface area contributed by atoms with Crippen LogP contribution in [-0.4, -0.2) is 16.2 Å². The van der Waals surface area contributed by atoms with Crippen LogP contribution in [0.15, 0.2) is 6.20 Å². The second-order valence-electron chi connectivity index (χ2n) is 1.94. The molecule has 0 aliphatic carbocycles. The summed E-state index contributed by atoms with van der Waals surface area (Å²) in [6.07, 6.45) is -4.33. The summed E-state index contributed by atoms with van der Waals surface area (Å²) >= 11 is 0. The number of nitrogens with zero attached hydrogens (tertiary/aromatic N) is 1. The molecule has 0 aliphatic heterocycles. The summed E-state index contributed by atoms with van der Waals surface area (Å²) in [4.78, 5) is 10.0. The van der Waals surface area contributed by atoms with Gasteiger partial charge in [-0.15, -0.1) is 0 Å². The van der Waals surface area contributed by atoms with E-state index in [9.17, 15) is 23.1 Å². The second kappa shape index (κ2) is 2.50. The van der Waals surface area contributed by atoms with Crippen LogP contribution in [0.4, 0.5) is 13.2 Å². The van der Waals surface area contributed by atoms with Crippen molar-refractivity contribution in [2.24, 2.45) is 0 Å². The number of hydrogen-bond acceptors (Lipinski definition) is 3. The van der Waals surface area contributed by atoms with Gasteiger partial charge in [-0.3, -0.25) is 5.10 Å². The highest BCUT2D eigenvalue weighted by atomic mass is 19.4. The molecule has 1 N–H and O–H groups in total. The van der Waals surface area contributed by atoms with Crippen molar-refractivity contribution in [1.29, 1.82) is 0 Å². The number of H-pyrrole nitrogens is 1. The van der Waals surface area contributed by atoms with Gasteiger partial charge in [0, 0.05) is 0 Å². The molecule has 0 amide bonds. The fourth-order valence-corrected chi connectivity index (χ4v) is 0.657. The number of carbonyl (C=O) groups excluding carboxylic acids is 1. The molecule has 0 aliphatic rings. The van der Waals surface area contributed by atoms with Gasteiger partial charge in [-0.2, -0.15) is 18.3 Å². The number of alkyl halides is 3. The number of carboxylic acids is 1. The molecule has 4 nitrogen and oxygen atoms in total. The number of carbonyl (C=O) groups is 1. The van der Waals surface area contributed by atoms with E-state index in [1.807, 2.05) is 0 Å². The molecule has 7 heteroatoms. The summed E-state index contributed by atoms with van der Waals surface area (Å²) in [5, 5.41) is 14.7. The third-order valence-corrected chi connectivity index (χ3v) is 1.15. The quantitative estimate of drug-likeness (QED) is 0.648. The molecule has 1 heterocycles. The first kappa shape index (κ1) is 8.57. The summed E-state index contributed by atoms with van der Waals surface area (Å²) in [6.45, 7) is 0. The smallest absolute Gasteiger partial charge is 0.420 e. The Morgan fingerprint density at radius 1 is 1.58 bits per heavy atom. The van der Waals surface area contributed by atoms with E-state index >= 15 is 0 Å². The SMILES string of the molecule is O=C([O-])c1[nH]ncc1C(F)(F)F. The van der Waals surface area contributed by atoms with Gasteiger partial charge in [0.1, 0.15) is 5.56 Å². The van der Waals surface area contributed by atoms with Crippen molar-refractivity contribution in [3.63, 3.8) is 0 Å². The van der Waals surface area contributed by atoms with Crippen LogP contribution in [0.3, 0.4) is 0 Å². The molecule has 0 bridgehead atoms. The molecule has 66 valence electrons. The molecule has 1 aromatic rings. The number of carboxylic acid groups (broad SMARTS) is 1. The number of nitrogens with one attached hydrogen (secondary N) is 1. The molecule has 0 radical (unpaired) electrons. The van der Waals surface area contributed by atoms with Gasteiger partial charge in [-0.25, -0.2) is 0 Å². The molecule has 1 aromatic heterocycles. The largest absolute Gasteiger partial charge is 0.543 e. The Balaban J connectivity index is 3.17. The molecule has 0 fully saturated rings. The normalized spacial score (nSPS) is 11.6. The van der Waals surface area contributed by atoms with Crippen LogP contribution in [-0.2, 0) is 6.18 Å². The monoisotopic (exact) mass is 179 g/mol. The van der Waals surface area contributed by atoms with Crippen molar-refractivity contribution >= 4 is 5.97 Å². The van der Waals surface area contributed by atoms with Crippen molar-refractivity contribution < 1.29 is 23.1 Å². The van der Waals surface area contributed by atoms with Crippen LogP contribution >= 0.6 is 0 Å². The Bertz CT molecular complexity index is 304. The Morgan fingerprint density at radius 3 is 2.50 bits per heavy atom. The third kappa shape index (κ3) is 1.39. The number of aromatic carboxylic acids is 1. The molecule has 0 aromatic carbocycles. The highest BCUT2D eigenvalue weighted by Crippen LogP contribution is 2.30. The summed E-state index contributed by atoms with van der Waals surface area (Å²) in [5.74, 6) is -1.93. The van der Waals surface area contributed by atoms with E-state index < -0.39 is 23.4 Å². The average Bonchev–Trinajstić information content (AvgIpc) is 2.30. The Kier molecular flexibility index (Phi) is 1.79. The summed E-state index contributed by atoms with van der Waals surface area (Å²) < 4.78 is 35.7. The lowest BCUT2D eigenvalue weighted by Crippen LogP contribution is -2.25. The van der Waals surface area contributed by atoms with Crippen LogP contribution in [0.25, 0.3) is 0 Å². The molecule has 0 saturated heterocycles. The van der Waals surface area contributed by atoms with Crippen molar-refractivity contribution in [2.75, 3.05) is 0 Å². The minimum Gasteiger partial charge on any atom is -0.543 e. The minimum atomic E-state index is -4.72. The highest BCUT2D eigenvalue weighted by Gasteiger charge is 2.35. The van der Waals surface area contributed by atoms with Gasteiger partial charge in [0.25, 0.3) is 0 Å². The average molecular weight is 179 g/mol. The van der Waals surface area contributed by atoms with Crippen molar-refractivity contribution in [3.05, 3.63) is 17.5 Å². The van der Waals surface area contributed by atoms with Gasteiger partial charge >= 0.3 is 6.18 Å².